The zero-order valence-electron chi connectivity index (χ0n) is 10.5. The number of rotatable bonds is 4. The molecule has 0 aromatic carbocycles. The molecule has 17 heavy (non-hydrogen) atoms. The van der Waals surface area contributed by atoms with E-state index in [9.17, 15) is 9.59 Å². The Bertz CT molecular complexity index is 453. The van der Waals surface area contributed by atoms with Gasteiger partial charge < -0.3 is 15.6 Å². The van der Waals surface area contributed by atoms with Crippen molar-refractivity contribution >= 4 is 11.7 Å². The summed E-state index contributed by atoms with van der Waals surface area (Å²) < 4.78 is 0. The maximum atomic E-state index is 11.6. The van der Waals surface area contributed by atoms with Crippen LogP contribution in [0.15, 0.2) is 10.9 Å². The summed E-state index contributed by atoms with van der Waals surface area (Å²) in [5.74, 6) is 0.786. The number of nitrogens with zero attached hydrogens (tertiary/aromatic N) is 1. The number of aromatic nitrogens is 2. The standard InChI is InChI=1S/C11H18N4O2/c1-6(2)12-11(17)7(3)13-9-5-10(16)15-8(4)14-9/h5-7H,1-4H3,(H,12,17)(H2,13,14,15,16). The van der Waals surface area contributed by atoms with Gasteiger partial charge in [-0.2, -0.15) is 0 Å². The molecular formula is C11H18N4O2. The van der Waals surface area contributed by atoms with Crippen molar-refractivity contribution in [2.75, 3.05) is 5.32 Å². The second-order valence-electron chi connectivity index (χ2n) is 4.25. The van der Waals surface area contributed by atoms with Gasteiger partial charge in [0.1, 0.15) is 17.7 Å². The molecule has 1 rings (SSSR count). The fourth-order valence-corrected chi connectivity index (χ4v) is 1.35. The number of carbonyl (C=O) groups excluding carboxylic acids is 1. The van der Waals surface area contributed by atoms with Gasteiger partial charge in [0, 0.05) is 12.1 Å². The third kappa shape index (κ3) is 4.26. The van der Waals surface area contributed by atoms with Crippen LogP contribution in [0.2, 0.25) is 0 Å². The lowest BCUT2D eigenvalue weighted by Gasteiger charge is -2.16. The largest absolute Gasteiger partial charge is 0.358 e. The van der Waals surface area contributed by atoms with Crippen molar-refractivity contribution in [3.05, 3.63) is 22.2 Å². The van der Waals surface area contributed by atoms with Gasteiger partial charge in [-0.25, -0.2) is 4.98 Å². The fourth-order valence-electron chi connectivity index (χ4n) is 1.35. The zero-order chi connectivity index (χ0) is 13.0. The van der Waals surface area contributed by atoms with E-state index in [2.05, 4.69) is 20.6 Å². The lowest BCUT2D eigenvalue weighted by atomic mass is 10.3. The molecule has 0 saturated carbocycles. The van der Waals surface area contributed by atoms with E-state index in [1.54, 1.807) is 13.8 Å². The average molecular weight is 238 g/mol. The normalized spacial score (nSPS) is 12.3. The van der Waals surface area contributed by atoms with Gasteiger partial charge in [0.2, 0.25) is 5.91 Å². The van der Waals surface area contributed by atoms with Gasteiger partial charge in [-0.3, -0.25) is 9.59 Å². The molecular weight excluding hydrogens is 220 g/mol. The summed E-state index contributed by atoms with van der Waals surface area (Å²) in [4.78, 5) is 29.5. The van der Waals surface area contributed by atoms with Crippen molar-refractivity contribution in [2.24, 2.45) is 0 Å². The molecule has 94 valence electrons. The minimum atomic E-state index is -0.439. The van der Waals surface area contributed by atoms with Crippen molar-refractivity contribution in [3.63, 3.8) is 0 Å². The van der Waals surface area contributed by atoms with Crippen molar-refractivity contribution in [2.45, 2.75) is 39.8 Å². The number of carbonyl (C=O) groups is 1. The molecule has 1 aromatic heterocycles. The van der Waals surface area contributed by atoms with E-state index >= 15 is 0 Å². The molecule has 1 amide bonds. The molecule has 1 atom stereocenters. The Hall–Kier alpha value is -1.85. The second-order valence-corrected chi connectivity index (χ2v) is 4.25. The first kappa shape index (κ1) is 13.2. The van der Waals surface area contributed by atoms with Crippen molar-refractivity contribution in [1.82, 2.24) is 15.3 Å². The lowest BCUT2D eigenvalue weighted by Crippen LogP contribution is -2.41. The molecule has 0 spiro atoms. The summed E-state index contributed by atoms with van der Waals surface area (Å²) in [7, 11) is 0. The first-order chi connectivity index (χ1) is 7.88. The van der Waals surface area contributed by atoms with Crippen LogP contribution >= 0.6 is 0 Å². The van der Waals surface area contributed by atoms with E-state index < -0.39 is 6.04 Å². The highest BCUT2D eigenvalue weighted by Gasteiger charge is 2.13. The second kappa shape index (κ2) is 5.47. The van der Waals surface area contributed by atoms with Gasteiger partial charge in [0.05, 0.1) is 0 Å². The van der Waals surface area contributed by atoms with Crippen LogP contribution in [0, 0.1) is 6.92 Å². The molecule has 0 saturated heterocycles. The van der Waals surface area contributed by atoms with E-state index in [1.165, 1.54) is 6.07 Å². The maximum absolute atomic E-state index is 11.6. The quantitative estimate of drug-likeness (QED) is 0.708. The summed E-state index contributed by atoms with van der Waals surface area (Å²) >= 11 is 0. The van der Waals surface area contributed by atoms with E-state index in [-0.39, 0.29) is 17.5 Å². The number of aryl methyl sites for hydroxylation is 1. The summed E-state index contributed by atoms with van der Waals surface area (Å²) in [6.45, 7) is 7.18. The molecule has 1 aromatic rings. The molecule has 0 radical (unpaired) electrons. The summed E-state index contributed by atoms with van der Waals surface area (Å²) in [5, 5.41) is 5.66. The van der Waals surface area contributed by atoms with Crippen LogP contribution in [0.5, 0.6) is 0 Å². The summed E-state index contributed by atoms with van der Waals surface area (Å²) in [6.07, 6.45) is 0. The lowest BCUT2D eigenvalue weighted by molar-refractivity contribution is -0.122. The first-order valence-corrected chi connectivity index (χ1v) is 5.53. The summed E-state index contributed by atoms with van der Waals surface area (Å²) in [5.41, 5.74) is -0.239. The minimum Gasteiger partial charge on any atom is -0.358 e. The van der Waals surface area contributed by atoms with Crippen LogP contribution in [0.3, 0.4) is 0 Å². The van der Waals surface area contributed by atoms with Crippen LogP contribution in [-0.4, -0.2) is 28.0 Å². The number of hydrogen-bond donors (Lipinski definition) is 3. The Morgan fingerprint density at radius 3 is 2.59 bits per heavy atom. The Kier molecular flexibility index (Phi) is 4.25. The minimum absolute atomic E-state index is 0.0839. The van der Waals surface area contributed by atoms with E-state index in [4.69, 9.17) is 0 Å². The maximum Gasteiger partial charge on any atom is 0.252 e. The predicted molar refractivity (Wildman–Crippen MR) is 66.0 cm³/mol. The number of anilines is 1. The highest BCUT2D eigenvalue weighted by molar-refractivity contribution is 5.84. The van der Waals surface area contributed by atoms with Crippen molar-refractivity contribution in [3.8, 4) is 0 Å². The molecule has 3 N–H and O–H groups in total. The molecule has 1 heterocycles. The van der Waals surface area contributed by atoms with Gasteiger partial charge in [-0.05, 0) is 27.7 Å². The number of amides is 1. The number of H-pyrrole nitrogens is 1. The van der Waals surface area contributed by atoms with Gasteiger partial charge in [0.25, 0.3) is 5.56 Å². The van der Waals surface area contributed by atoms with Gasteiger partial charge in [-0.15, -0.1) is 0 Å². The average Bonchev–Trinajstić information content (AvgIpc) is 2.14. The first-order valence-electron chi connectivity index (χ1n) is 5.53. The highest BCUT2D eigenvalue weighted by atomic mass is 16.2. The Morgan fingerprint density at radius 2 is 2.06 bits per heavy atom. The third-order valence-corrected chi connectivity index (χ3v) is 2.05. The van der Waals surface area contributed by atoms with E-state index in [0.717, 1.165) is 0 Å². The van der Waals surface area contributed by atoms with Crippen LogP contribution in [0.4, 0.5) is 5.82 Å². The fraction of sp³-hybridized carbons (Fsp3) is 0.545. The molecule has 0 aliphatic heterocycles. The number of aromatic amines is 1. The van der Waals surface area contributed by atoms with Crippen molar-refractivity contribution in [1.29, 1.82) is 0 Å². The molecule has 6 heteroatoms. The summed E-state index contributed by atoms with van der Waals surface area (Å²) in [6, 6.07) is 0.971. The molecule has 0 bridgehead atoms. The monoisotopic (exact) mass is 238 g/mol. The molecule has 1 unspecified atom stereocenters. The smallest absolute Gasteiger partial charge is 0.252 e. The molecule has 0 aliphatic rings. The Balaban J connectivity index is 2.70. The van der Waals surface area contributed by atoms with Gasteiger partial charge in [0.15, 0.2) is 0 Å². The Labute approximate surface area is 99.8 Å². The predicted octanol–water partition coefficient (Wildman–Crippen LogP) is 0.403. The van der Waals surface area contributed by atoms with E-state index in [1.807, 2.05) is 13.8 Å². The zero-order valence-corrected chi connectivity index (χ0v) is 10.5. The van der Waals surface area contributed by atoms with Crippen molar-refractivity contribution < 1.29 is 4.79 Å². The van der Waals surface area contributed by atoms with Crippen LogP contribution in [0.25, 0.3) is 0 Å². The number of hydrogen-bond acceptors (Lipinski definition) is 4. The van der Waals surface area contributed by atoms with Crippen LogP contribution in [0.1, 0.15) is 26.6 Å². The Morgan fingerprint density at radius 1 is 1.41 bits per heavy atom. The van der Waals surface area contributed by atoms with Crippen LogP contribution in [-0.2, 0) is 4.79 Å². The highest BCUT2D eigenvalue weighted by Crippen LogP contribution is 2.01. The van der Waals surface area contributed by atoms with Gasteiger partial charge >= 0.3 is 0 Å². The van der Waals surface area contributed by atoms with Gasteiger partial charge in [-0.1, -0.05) is 0 Å². The van der Waals surface area contributed by atoms with E-state index in [0.29, 0.717) is 11.6 Å². The molecule has 0 fully saturated rings. The van der Waals surface area contributed by atoms with Crippen LogP contribution < -0.4 is 16.2 Å². The molecule has 0 aliphatic carbocycles. The molecule has 6 nitrogen and oxygen atoms in total. The topological polar surface area (TPSA) is 86.9 Å². The number of nitrogens with one attached hydrogen (secondary N) is 3. The third-order valence-electron chi connectivity index (χ3n) is 2.05. The SMILES string of the molecule is Cc1nc(NC(C)C(=O)NC(C)C)cc(=O)[nH]1.